The lowest BCUT2D eigenvalue weighted by atomic mass is 10.1. The van der Waals surface area contributed by atoms with Crippen LogP contribution in [0.25, 0.3) is 0 Å². The number of hydrogen-bond donors (Lipinski definition) is 0. The second-order valence-corrected chi connectivity index (χ2v) is 4.17. The Hall–Kier alpha value is -1.09. The van der Waals surface area contributed by atoms with Crippen LogP contribution in [0.2, 0.25) is 0 Å². The molecule has 1 aromatic heterocycles. The lowest BCUT2D eigenvalue weighted by Gasteiger charge is -2.15. The Morgan fingerprint density at radius 2 is 2.47 bits per heavy atom. The van der Waals surface area contributed by atoms with Crippen molar-refractivity contribution in [2.24, 2.45) is 5.92 Å². The largest absolute Gasteiger partial charge is 0.338 e. The molecule has 0 radical (unpaired) electrons. The van der Waals surface area contributed by atoms with Crippen molar-refractivity contribution in [2.45, 2.75) is 13.0 Å². The van der Waals surface area contributed by atoms with E-state index in [1.54, 1.807) is 12.4 Å². The van der Waals surface area contributed by atoms with Gasteiger partial charge in [-0.25, -0.2) is 0 Å². The van der Waals surface area contributed by atoms with E-state index in [4.69, 9.17) is 11.6 Å². The molecule has 0 saturated carbocycles. The molecule has 1 aromatic rings. The maximum Gasteiger partial charge on any atom is 0.223 e. The van der Waals surface area contributed by atoms with Gasteiger partial charge in [0, 0.05) is 37.8 Å². The second kappa shape index (κ2) is 4.62. The van der Waals surface area contributed by atoms with E-state index in [0.717, 1.165) is 12.1 Å². The molecule has 1 amide bonds. The average molecular weight is 225 g/mol. The highest BCUT2D eigenvalue weighted by Gasteiger charge is 2.28. The SMILES string of the molecule is O=C1CC(CCl)CN1Cc1cccnc1. The van der Waals surface area contributed by atoms with Crippen molar-refractivity contribution in [3.63, 3.8) is 0 Å². The van der Waals surface area contributed by atoms with Gasteiger partial charge in [0.2, 0.25) is 5.91 Å². The molecule has 0 aromatic carbocycles. The van der Waals surface area contributed by atoms with Gasteiger partial charge in [0.05, 0.1) is 0 Å². The van der Waals surface area contributed by atoms with Gasteiger partial charge in [0.15, 0.2) is 0 Å². The average Bonchev–Trinajstić information content (AvgIpc) is 2.61. The summed E-state index contributed by atoms with van der Waals surface area (Å²) in [5.74, 6) is 1.08. The number of carbonyl (C=O) groups is 1. The van der Waals surface area contributed by atoms with E-state index in [9.17, 15) is 4.79 Å². The summed E-state index contributed by atoms with van der Waals surface area (Å²) < 4.78 is 0. The molecule has 1 unspecified atom stereocenters. The molecule has 1 saturated heterocycles. The zero-order valence-electron chi connectivity index (χ0n) is 8.40. The number of rotatable bonds is 3. The van der Waals surface area contributed by atoms with Crippen LogP contribution in [-0.4, -0.2) is 28.2 Å². The molecule has 2 heterocycles. The predicted octanol–water partition coefficient (Wildman–Crippen LogP) is 1.67. The normalized spacial score (nSPS) is 21.0. The highest BCUT2D eigenvalue weighted by Crippen LogP contribution is 2.20. The highest BCUT2D eigenvalue weighted by molar-refractivity contribution is 6.18. The van der Waals surface area contributed by atoms with E-state index in [1.165, 1.54) is 0 Å². The molecule has 1 aliphatic heterocycles. The quantitative estimate of drug-likeness (QED) is 0.732. The molecule has 0 aliphatic carbocycles. The highest BCUT2D eigenvalue weighted by atomic mass is 35.5. The Labute approximate surface area is 94.1 Å². The van der Waals surface area contributed by atoms with E-state index in [-0.39, 0.29) is 5.91 Å². The van der Waals surface area contributed by atoms with Crippen LogP contribution in [0, 0.1) is 5.92 Å². The molecule has 2 rings (SSSR count). The summed E-state index contributed by atoms with van der Waals surface area (Å²) >= 11 is 5.75. The van der Waals surface area contributed by atoms with E-state index >= 15 is 0 Å². The number of pyridine rings is 1. The molecule has 80 valence electrons. The lowest BCUT2D eigenvalue weighted by Crippen LogP contribution is -2.24. The maximum absolute atomic E-state index is 11.6. The topological polar surface area (TPSA) is 33.2 Å². The van der Waals surface area contributed by atoms with Gasteiger partial charge in [-0.15, -0.1) is 11.6 Å². The van der Waals surface area contributed by atoms with Gasteiger partial charge in [-0.2, -0.15) is 0 Å². The number of likely N-dealkylation sites (tertiary alicyclic amines) is 1. The van der Waals surface area contributed by atoms with E-state index in [1.807, 2.05) is 17.0 Å². The summed E-state index contributed by atoms with van der Waals surface area (Å²) in [6.45, 7) is 1.43. The van der Waals surface area contributed by atoms with Crippen LogP contribution in [0.1, 0.15) is 12.0 Å². The Balaban J connectivity index is 1.99. The summed E-state index contributed by atoms with van der Waals surface area (Å²) in [4.78, 5) is 17.5. The Morgan fingerprint density at radius 3 is 3.07 bits per heavy atom. The molecule has 0 N–H and O–H groups in total. The van der Waals surface area contributed by atoms with Crippen molar-refractivity contribution in [3.8, 4) is 0 Å². The fraction of sp³-hybridized carbons (Fsp3) is 0.455. The Morgan fingerprint density at radius 1 is 1.60 bits per heavy atom. The van der Waals surface area contributed by atoms with Gasteiger partial charge in [0.25, 0.3) is 0 Å². The zero-order valence-corrected chi connectivity index (χ0v) is 9.15. The summed E-state index contributed by atoms with van der Waals surface area (Å²) in [5.41, 5.74) is 1.07. The lowest BCUT2D eigenvalue weighted by molar-refractivity contribution is -0.128. The van der Waals surface area contributed by atoms with E-state index in [0.29, 0.717) is 24.8 Å². The number of halogens is 1. The fourth-order valence-corrected chi connectivity index (χ4v) is 2.03. The van der Waals surface area contributed by atoms with Gasteiger partial charge in [-0.3, -0.25) is 9.78 Å². The molecular formula is C11H13ClN2O. The van der Waals surface area contributed by atoms with E-state index in [2.05, 4.69) is 4.98 Å². The van der Waals surface area contributed by atoms with Crippen LogP contribution in [0.3, 0.4) is 0 Å². The second-order valence-electron chi connectivity index (χ2n) is 3.86. The smallest absolute Gasteiger partial charge is 0.223 e. The number of amides is 1. The summed E-state index contributed by atoms with van der Waals surface area (Å²) in [6.07, 6.45) is 4.11. The maximum atomic E-state index is 11.6. The van der Waals surface area contributed by atoms with Crippen LogP contribution in [0.5, 0.6) is 0 Å². The van der Waals surface area contributed by atoms with E-state index < -0.39 is 0 Å². The first-order chi connectivity index (χ1) is 7.29. The van der Waals surface area contributed by atoms with Crippen molar-refractivity contribution in [3.05, 3.63) is 30.1 Å². The molecule has 1 fully saturated rings. The van der Waals surface area contributed by atoms with Crippen LogP contribution in [0.15, 0.2) is 24.5 Å². The fourth-order valence-electron chi connectivity index (χ4n) is 1.82. The first kappa shape index (κ1) is 10.4. The van der Waals surface area contributed by atoms with Gasteiger partial charge in [0.1, 0.15) is 0 Å². The van der Waals surface area contributed by atoms with Crippen LogP contribution < -0.4 is 0 Å². The number of hydrogen-bond acceptors (Lipinski definition) is 2. The van der Waals surface area contributed by atoms with Gasteiger partial charge >= 0.3 is 0 Å². The van der Waals surface area contributed by atoms with Crippen molar-refractivity contribution in [2.75, 3.05) is 12.4 Å². The number of carbonyl (C=O) groups excluding carboxylic acids is 1. The third kappa shape index (κ3) is 2.48. The van der Waals surface area contributed by atoms with Crippen molar-refractivity contribution < 1.29 is 4.79 Å². The van der Waals surface area contributed by atoms with Gasteiger partial charge in [-0.1, -0.05) is 6.07 Å². The van der Waals surface area contributed by atoms with Gasteiger partial charge < -0.3 is 4.90 Å². The molecule has 3 nitrogen and oxygen atoms in total. The molecule has 4 heteroatoms. The Bertz CT molecular complexity index is 342. The molecule has 1 aliphatic rings. The molecule has 0 spiro atoms. The van der Waals surface area contributed by atoms with Crippen molar-refractivity contribution >= 4 is 17.5 Å². The standard InChI is InChI=1S/C11H13ClN2O/c12-5-10-4-11(15)14(8-10)7-9-2-1-3-13-6-9/h1-3,6,10H,4-5,7-8H2. The van der Waals surface area contributed by atoms with Crippen LogP contribution >= 0.6 is 11.6 Å². The minimum atomic E-state index is 0.199. The number of aromatic nitrogens is 1. The minimum Gasteiger partial charge on any atom is -0.338 e. The summed E-state index contributed by atoms with van der Waals surface area (Å²) in [6, 6.07) is 3.86. The Kier molecular flexibility index (Phi) is 3.21. The third-order valence-electron chi connectivity index (χ3n) is 2.61. The van der Waals surface area contributed by atoms with Crippen LogP contribution in [0.4, 0.5) is 0 Å². The summed E-state index contributed by atoms with van der Waals surface area (Å²) in [7, 11) is 0. The minimum absolute atomic E-state index is 0.199. The van der Waals surface area contributed by atoms with Crippen LogP contribution in [-0.2, 0) is 11.3 Å². The predicted molar refractivity (Wildman–Crippen MR) is 58.5 cm³/mol. The third-order valence-corrected chi connectivity index (χ3v) is 3.05. The molecular weight excluding hydrogens is 212 g/mol. The monoisotopic (exact) mass is 224 g/mol. The van der Waals surface area contributed by atoms with Crippen molar-refractivity contribution in [1.82, 2.24) is 9.88 Å². The molecule has 1 atom stereocenters. The number of alkyl halides is 1. The first-order valence-corrected chi connectivity index (χ1v) is 5.55. The first-order valence-electron chi connectivity index (χ1n) is 5.02. The molecule has 15 heavy (non-hydrogen) atoms. The number of nitrogens with zero attached hydrogens (tertiary/aromatic N) is 2. The van der Waals surface area contributed by atoms with Crippen molar-refractivity contribution in [1.29, 1.82) is 0 Å². The molecule has 0 bridgehead atoms. The zero-order chi connectivity index (χ0) is 10.7. The summed E-state index contributed by atoms with van der Waals surface area (Å²) in [5, 5.41) is 0. The van der Waals surface area contributed by atoms with Gasteiger partial charge in [-0.05, 0) is 17.5 Å².